The van der Waals surface area contributed by atoms with Crippen LogP contribution in [0, 0.1) is 10.1 Å². The number of pyridine rings is 1. The van der Waals surface area contributed by atoms with Gasteiger partial charge in [0.15, 0.2) is 0 Å². The Morgan fingerprint density at radius 3 is 2.92 bits per heavy atom. The number of nitro groups is 1. The van der Waals surface area contributed by atoms with E-state index in [9.17, 15) is 10.1 Å². The molecule has 1 unspecified atom stereocenters. The molecule has 2 aromatic rings. The Kier molecular flexibility index (Phi) is 6.51. The lowest BCUT2D eigenvalue weighted by Gasteiger charge is -2.36. The summed E-state index contributed by atoms with van der Waals surface area (Å²) in [5.41, 5.74) is 2.06. The Bertz CT molecular complexity index is 700. The number of nitrogens with zero attached hydrogens (tertiary/aromatic N) is 3. The summed E-state index contributed by atoms with van der Waals surface area (Å²) in [6.45, 7) is 3.28. The molecule has 1 N–H and O–H groups in total. The molecule has 8 heteroatoms. The fourth-order valence-corrected chi connectivity index (χ4v) is 3.07. The second-order valence-electron chi connectivity index (χ2n) is 5.51. The highest BCUT2D eigenvalue weighted by atomic mass is 35.5. The zero-order valence-electron chi connectivity index (χ0n) is 12.9. The summed E-state index contributed by atoms with van der Waals surface area (Å²) in [4.78, 5) is 16.9. The van der Waals surface area contributed by atoms with E-state index in [0.29, 0.717) is 11.6 Å². The van der Waals surface area contributed by atoms with Gasteiger partial charge in [-0.2, -0.15) is 0 Å². The number of hydrogen-bond acceptors (Lipinski definition) is 5. The minimum absolute atomic E-state index is 0. The van der Waals surface area contributed by atoms with Gasteiger partial charge < -0.3 is 5.32 Å². The van der Waals surface area contributed by atoms with Gasteiger partial charge in [0.2, 0.25) is 0 Å². The maximum atomic E-state index is 10.8. The van der Waals surface area contributed by atoms with Crippen LogP contribution in [0.5, 0.6) is 0 Å². The van der Waals surface area contributed by atoms with Crippen molar-refractivity contribution in [2.75, 3.05) is 19.6 Å². The molecule has 1 fully saturated rings. The van der Waals surface area contributed by atoms with Gasteiger partial charge in [0.05, 0.1) is 9.95 Å². The molecule has 128 valence electrons. The molecule has 1 saturated heterocycles. The second kappa shape index (κ2) is 8.39. The topological polar surface area (TPSA) is 71.3 Å². The Labute approximate surface area is 151 Å². The van der Waals surface area contributed by atoms with Gasteiger partial charge in [0, 0.05) is 56.7 Å². The van der Waals surface area contributed by atoms with E-state index >= 15 is 0 Å². The van der Waals surface area contributed by atoms with Crippen LogP contribution in [-0.4, -0.2) is 34.4 Å². The third-order valence-corrected chi connectivity index (χ3v) is 4.40. The summed E-state index contributed by atoms with van der Waals surface area (Å²) < 4.78 is 0. The molecular formula is C16H18Cl2N4O2. The van der Waals surface area contributed by atoms with Crippen molar-refractivity contribution in [2.45, 2.75) is 12.6 Å². The highest BCUT2D eigenvalue weighted by Crippen LogP contribution is 2.28. The molecule has 3 rings (SSSR count). The number of aromatic nitrogens is 1. The zero-order valence-corrected chi connectivity index (χ0v) is 14.5. The van der Waals surface area contributed by atoms with Gasteiger partial charge in [-0.05, 0) is 23.3 Å². The molecule has 1 aromatic carbocycles. The van der Waals surface area contributed by atoms with Gasteiger partial charge in [0.25, 0.3) is 5.69 Å². The van der Waals surface area contributed by atoms with Crippen LogP contribution in [0.3, 0.4) is 0 Å². The van der Waals surface area contributed by atoms with Crippen molar-refractivity contribution >= 4 is 29.7 Å². The summed E-state index contributed by atoms with van der Waals surface area (Å²) in [6, 6.07) is 8.86. The number of rotatable bonds is 4. The number of nitrogens with one attached hydrogen (secondary N) is 1. The van der Waals surface area contributed by atoms with Crippen molar-refractivity contribution in [3.63, 3.8) is 0 Å². The van der Waals surface area contributed by atoms with Gasteiger partial charge in [-0.3, -0.25) is 20.0 Å². The van der Waals surface area contributed by atoms with Gasteiger partial charge in [-0.15, -0.1) is 12.4 Å². The molecule has 0 spiro atoms. The predicted octanol–water partition coefficient (Wildman–Crippen LogP) is 3.21. The maximum absolute atomic E-state index is 10.8. The zero-order chi connectivity index (χ0) is 16.2. The highest BCUT2D eigenvalue weighted by Gasteiger charge is 2.24. The Hall–Kier alpha value is -1.73. The quantitative estimate of drug-likeness (QED) is 0.662. The number of hydrogen-bond donors (Lipinski definition) is 1. The molecule has 6 nitrogen and oxygen atoms in total. The van der Waals surface area contributed by atoms with Crippen LogP contribution in [0.25, 0.3) is 0 Å². The van der Waals surface area contributed by atoms with Crippen molar-refractivity contribution in [2.24, 2.45) is 0 Å². The van der Waals surface area contributed by atoms with Crippen LogP contribution >= 0.6 is 24.0 Å². The van der Waals surface area contributed by atoms with Crippen LogP contribution < -0.4 is 5.32 Å². The lowest BCUT2D eigenvalue weighted by Crippen LogP contribution is -2.45. The molecule has 1 aromatic heterocycles. The maximum Gasteiger partial charge on any atom is 0.270 e. The van der Waals surface area contributed by atoms with Gasteiger partial charge in [-0.25, -0.2) is 0 Å². The van der Waals surface area contributed by atoms with E-state index in [0.717, 1.165) is 30.8 Å². The third-order valence-electron chi connectivity index (χ3n) is 4.04. The van der Waals surface area contributed by atoms with Crippen LogP contribution in [0.15, 0.2) is 42.7 Å². The highest BCUT2D eigenvalue weighted by molar-refractivity contribution is 6.31. The molecule has 0 saturated carbocycles. The molecule has 2 heterocycles. The Balaban J connectivity index is 0.00000208. The monoisotopic (exact) mass is 368 g/mol. The van der Waals surface area contributed by atoms with Gasteiger partial charge in [0.1, 0.15) is 0 Å². The van der Waals surface area contributed by atoms with E-state index in [1.54, 1.807) is 12.3 Å². The van der Waals surface area contributed by atoms with Crippen molar-refractivity contribution in [1.29, 1.82) is 0 Å². The smallest absolute Gasteiger partial charge is 0.270 e. The Morgan fingerprint density at radius 2 is 2.25 bits per heavy atom. The largest absolute Gasteiger partial charge is 0.314 e. The fraction of sp³-hybridized carbons (Fsp3) is 0.312. The molecule has 1 atom stereocenters. The summed E-state index contributed by atoms with van der Waals surface area (Å²) in [5, 5.41) is 14.6. The van der Waals surface area contributed by atoms with E-state index in [4.69, 9.17) is 11.6 Å². The number of non-ortho nitro benzene ring substituents is 1. The lowest BCUT2D eigenvalue weighted by atomic mass is 10.0. The molecule has 0 radical (unpaired) electrons. The van der Waals surface area contributed by atoms with E-state index in [1.165, 1.54) is 12.1 Å². The first kappa shape index (κ1) is 18.6. The van der Waals surface area contributed by atoms with Crippen molar-refractivity contribution in [3.05, 3.63) is 69.0 Å². The van der Waals surface area contributed by atoms with Crippen molar-refractivity contribution in [3.8, 4) is 0 Å². The Morgan fingerprint density at radius 1 is 1.42 bits per heavy atom. The summed E-state index contributed by atoms with van der Waals surface area (Å²) >= 11 is 6.23. The van der Waals surface area contributed by atoms with E-state index in [2.05, 4.69) is 21.3 Å². The minimum atomic E-state index is -0.432. The molecular weight excluding hydrogens is 351 g/mol. The van der Waals surface area contributed by atoms with Crippen molar-refractivity contribution < 1.29 is 4.92 Å². The first-order valence-corrected chi connectivity index (χ1v) is 7.80. The SMILES string of the molecule is Cl.O=[N+]([O-])c1ccc(CN2CCNCC2c2cccnc2)c(Cl)c1. The molecule has 24 heavy (non-hydrogen) atoms. The first-order chi connectivity index (χ1) is 11.1. The number of benzene rings is 1. The molecule has 0 amide bonds. The molecule has 0 aliphatic carbocycles. The first-order valence-electron chi connectivity index (χ1n) is 7.42. The third kappa shape index (κ3) is 4.21. The van der Waals surface area contributed by atoms with Crippen molar-refractivity contribution in [1.82, 2.24) is 15.2 Å². The second-order valence-corrected chi connectivity index (χ2v) is 5.92. The lowest BCUT2D eigenvalue weighted by molar-refractivity contribution is -0.384. The normalized spacial score (nSPS) is 18.0. The predicted molar refractivity (Wildman–Crippen MR) is 95.6 cm³/mol. The molecule has 1 aliphatic heterocycles. The average Bonchev–Trinajstić information content (AvgIpc) is 2.58. The van der Waals surface area contributed by atoms with E-state index < -0.39 is 4.92 Å². The van der Waals surface area contributed by atoms with Crippen LogP contribution in [-0.2, 0) is 6.54 Å². The number of piperazine rings is 1. The van der Waals surface area contributed by atoms with Crippen LogP contribution in [0.2, 0.25) is 5.02 Å². The average molecular weight is 369 g/mol. The van der Waals surface area contributed by atoms with Crippen LogP contribution in [0.4, 0.5) is 5.69 Å². The fourth-order valence-electron chi connectivity index (χ4n) is 2.83. The number of halogens is 2. The summed E-state index contributed by atoms with van der Waals surface area (Å²) in [6.07, 6.45) is 3.64. The summed E-state index contributed by atoms with van der Waals surface area (Å²) in [5.74, 6) is 0. The van der Waals surface area contributed by atoms with Crippen LogP contribution in [0.1, 0.15) is 17.2 Å². The van der Waals surface area contributed by atoms with E-state index in [1.807, 2.05) is 12.3 Å². The standard InChI is InChI=1S/C16H17ClN4O2.ClH/c17-15-8-14(21(22)23)4-3-13(15)11-20-7-6-19-10-16(20)12-2-1-5-18-9-12;/h1-5,8-9,16,19H,6-7,10-11H2;1H. The molecule has 1 aliphatic rings. The number of nitro benzene ring substituents is 1. The minimum Gasteiger partial charge on any atom is -0.314 e. The van der Waals surface area contributed by atoms with Gasteiger partial charge >= 0.3 is 0 Å². The summed E-state index contributed by atoms with van der Waals surface area (Å²) in [7, 11) is 0. The van der Waals surface area contributed by atoms with E-state index in [-0.39, 0.29) is 24.1 Å². The molecule has 0 bridgehead atoms. The van der Waals surface area contributed by atoms with Gasteiger partial charge in [-0.1, -0.05) is 17.7 Å².